The first kappa shape index (κ1) is 17.2. The highest BCUT2D eigenvalue weighted by atomic mass is 32.1. The molecule has 25 heavy (non-hydrogen) atoms. The Kier molecular flexibility index (Phi) is 5.18. The molecule has 0 saturated heterocycles. The molecule has 1 heterocycles. The lowest BCUT2D eigenvalue weighted by Gasteiger charge is -2.12. The number of hydrogen-bond acceptors (Lipinski definition) is 6. The van der Waals surface area contributed by atoms with E-state index in [4.69, 9.17) is 4.74 Å². The Morgan fingerprint density at radius 1 is 1.36 bits per heavy atom. The van der Waals surface area contributed by atoms with Crippen LogP contribution in [0.5, 0.6) is 5.75 Å². The molecule has 1 atom stereocenters. The lowest BCUT2D eigenvalue weighted by molar-refractivity contribution is -0.122. The standard InChI is InChI=1S/C17H20N4O3S/c1-10(15(22)19-11-6-7-11)18-16(23)14-9-25-17(21-14)20-12-4-3-5-13(8-12)24-2/h3-5,8-11H,6-7H2,1-2H3,(H,18,23)(H,19,22)(H,20,21). The predicted molar refractivity (Wildman–Crippen MR) is 96.5 cm³/mol. The molecule has 1 fully saturated rings. The first-order chi connectivity index (χ1) is 12.0. The van der Waals surface area contributed by atoms with Gasteiger partial charge in [0.05, 0.1) is 7.11 Å². The van der Waals surface area contributed by atoms with E-state index in [0.717, 1.165) is 24.3 Å². The fourth-order valence-electron chi connectivity index (χ4n) is 2.15. The van der Waals surface area contributed by atoms with E-state index in [1.807, 2.05) is 24.3 Å². The third kappa shape index (κ3) is 4.69. The highest BCUT2D eigenvalue weighted by molar-refractivity contribution is 7.14. The molecule has 1 aromatic heterocycles. The molecule has 0 aliphatic heterocycles. The molecule has 1 saturated carbocycles. The van der Waals surface area contributed by atoms with Gasteiger partial charge in [-0.15, -0.1) is 11.3 Å². The minimum absolute atomic E-state index is 0.166. The summed E-state index contributed by atoms with van der Waals surface area (Å²) in [5.74, 6) is 0.198. The largest absolute Gasteiger partial charge is 0.497 e. The first-order valence-electron chi connectivity index (χ1n) is 8.03. The van der Waals surface area contributed by atoms with Crippen LogP contribution in [-0.4, -0.2) is 36.0 Å². The average Bonchev–Trinajstić information content (AvgIpc) is 3.30. The fraction of sp³-hybridized carbons (Fsp3) is 0.353. The highest BCUT2D eigenvalue weighted by Gasteiger charge is 2.26. The molecule has 1 aliphatic carbocycles. The number of thiazole rings is 1. The topological polar surface area (TPSA) is 92.3 Å². The zero-order valence-electron chi connectivity index (χ0n) is 14.0. The molecule has 8 heteroatoms. The van der Waals surface area contributed by atoms with Crippen LogP contribution >= 0.6 is 11.3 Å². The van der Waals surface area contributed by atoms with Crippen molar-refractivity contribution in [3.8, 4) is 5.75 Å². The third-order valence-electron chi connectivity index (χ3n) is 3.72. The second-order valence-corrected chi connectivity index (χ2v) is 6.73. The van der Waals surface area contributed by atoms with Crippen molar-refractivity contribution in [2.24, 2.45) is 0 Å². The molecule has 7 nitrogen and oxygen atoms in total. The summed E-state index contributed by atoms with van der Waals surface area (Å²) in [4.78, 5) is 28.4. The van der Waals surface area contributed by atoms with Crippen molar-refractivity contribution in [2.45, 2.75) is 31.8 Å². The van der Waals surface area contributed by atoms with Gasteiger partial charge in [-0.3, -0.25) is 9.59 Å². The highest BCUT2D eigenvalue weighted by Crippen LogP contribution is 2.24. The van der Waals surface area contributed by atoms with E-state index >= 15 is 0 Å². The summed E-state index contributed by atoms with van der Waals surface area (Å²) < 4.78 is 5.17. The van der Waals surface area contributed by atoms with Crippen LogP contribution < -0.4 is 20.7 Å². The van der Waals surface area contributed by atoms with Gasteiger partial charge in [-0.25, -0.2) is 4.98 Å². The molecule has 0 radical (unpaired) electrons. The zero-order valence-corrected chi connectivity index (χ0v) is 14.9. The van der Waals surface area contributed by atoms with Gasteiger partial charge >= 0.3 is 0 Å². The van der Waals surface area contributed by atoms with Crippen LogP contribution in [0.2, 0.25) is 0 Å². The number of carbonyl (C=O) groups excluding carboxylic acids is 2. The number of benzene rings is 1. The maximum Gasteiger partial charge on any atom is 0.271 e. The van der Waals surface area contributed by atoms with Gasteiger partial charge in [0, 0.05) is 23.2 Å². The summed E-state index contributed by atoms with van der Waals surface area (Å²) >= 11 is 1.32. The van der Waals surface area contributed by atoms with Crippen LogP contribution in [0.4, 0.5) is 10.8 Å². The van der Waals surface area contributed by atoms with Crippen LogP contribution in [0, 0.1) is 0 Å². The van der Waals surface area contributed by atoms with E-state index in [1.165, 1.54) is 11.3 Å². The maximum absolute atomic E-state index is 12.2. The van der Waals surface area contributed by atoms with E-state index in [-0.39, 0.29) is 23.6 Å². The quantitative estimate of drug-likeness (QED) is 0.705. The summed E-state index contributed by atoms with van der Waals surface area (Å²) in [6, 6.07) is 7.11. The van der Waals surface area contributed by atoms with Crippen molar-refractivity contribution < 1.29 is 14.3 Å². The van der Waals surface area contributed by atoms with Gasteiger partial charge in [0.25, 0.3) is 5.91 Å². The van der Waals surface area contributed by atoms with Crippen LogP contribution in [0.15, 0.2) is 29.6 Å². The maximum atomic E-state index is 12.2. The van der Waals surface area contributed by atoms with Gasteiger partial charge in [0.2, 0.25) is 5.91 Å². The third-order valence-corrected chi connectivity index (χ3v) is 4.48. The Morgan fingerprint density at radius 3 is 2.88 bits per heavy atom. The van der Waals surface area contributed by atoms with Gasteiger partial charge in [-0.2, -0.15) is 0 Å². The number of rotatable bonds is 7. The summed E-state index contributed by atoms with van der Waals surface area (Å²) in [5.41, 5.74) is 1.10. The summed E-state index contributed by atoms with van der Waals surface area (Å²) in [5, 5.41) is 10.9. The summed E-state index contributed by atoms with van der Waals surface area (Å²) in [6.07, 6.45) is 2.02. The Balaban J connectivity index is 1.58. The molecule has 0 spiro atoms. The number of nitrogens with one attached hydrogen (secondary N) is 3. The average molecular weight is 360 g/mol. The SMILES string of the molecule is COc1cccc(Nc2nc(C(=O)NC(C)C(=O)NC3CC3)cs2)c1. The van der Waals surface area contributed by atoms with E-state index in [2.05, 4.69) is 20.9 Å². The Labute approximate surface area is 149 Å². The molecule has 1 aliphatic rings. The van der Waals surface area contributed by atoms with Crippen molar-refractivity contribution in [3.05, 3.63) is 35.3 Å². The Bertz CT molecular complexity index is 773. The van der Waals surface area contributed by atoms with E-state index in [1.54, 1.807) is 19.4 Å². The molecule has 3 N–H and O–H groups in total. The lowest BCUT2D eigenvalue weighted by Crippen LogP contribution is -2.45. The van der Waals surface area contributed by atoms with Gasteiger partial charge < -0.3 is 20.7 Å². The van der Waals surface area contributed by atoms with Crippen molar-refractivity contribution in [3.63, 3.8) is 0 Å². The number of amides is 2. The molecule has 2 aromatic rings. The van der Waals surface area contributed by atoms with E-state index in [0.29, 0.717) is 5.13 Å². The molecule has 132 valence electrons. The minimum atomic E-state index is -0.593. The van der Waals surface area contributed by atoms with Crippen molar-refractivity contribution in [1.82, 2.24) is 15.6 Å². The molecule has 2 amide bonds. The number of ether oxygens (including phenoxy) is 1. The fourth-order valence-corrected chi connectivity index (χ4v) is 2.86. The van der Waals surface area contributed by atoms with Gasteiger partial charge in [-0.05, 0) is 31.9 Å². The zero-order chi connectivity index (χ0) is 17.8. The number of carbonyl (C=O) groups is 2. The van der Waals surface area contributed by atoms with Crippen molar-refractivity contribution in [2.75, 3.05) is 12.4 Å². The van der Waals surface area contributed by atoms with Crippen LogP contribution in [0.25, 0.3) is 0 Å². The normalized spacial score (nSPS) is 14.5. The number of hydrogen-bond donors (Lipinski definition) is 3. The predicted octanol–water partition coefficient (Wildman–Crippen LogP) is 2.29. The van der Waals surface area contributed by atoms with Gasteiger partial charge in [0.15, 0.2) is 5.13 Å². The molecule has 1 unspecified atom stereocenters. The van der Waals surface area contributed by atoms with Gasteiger partial charge in [-0.1, -0.05) is 6.07 Å². The molecular formula is C17H20N4O3S. The second-order valence-electron chi connectivity index (χ2n) is 5.87. The minimum Gasteiger partial charge on any atom is -0.497 e. The van der Waals surface area contributed by atoms with Crippen LogP contribution in [-0.2, 0) is 4.79 Å². The summed E-state index contributed by atoms with van der Waals surface area (Å²) in [7, 11) is 1.60. The number of aromatic nitrogens is 1. The summed E-state index contributed by atoms with van der Waals surface area (Å²) in [6.45, 7) is 1.66. The number of nitrogens with zero attached hydrogens (tertiary/aromatic N) is 1. The van der Waals surface area contributed by atoms with Crippen molar-refractivity contribution >= 4 is 34.0 Å². The Hall–Kier alpha value is -2.61. The smallest absolute Gasteiger partial charge is 0.271 e. The van der Waals surface area contributed by atoms with Crippen LogP contribution in [0.1, 0.15) is 30.3 Å². The number of anilines is 2. The monoisotopic (exact) mass is 360 g/mol. The van der Waals surface area contributed by atoms with Crippen LogP contribution in [0.3, 0.4) is 0 Å². The number of methoxy groups -OCH3 is 1. The molecule has 1 aromatic carbocycles. The van der Waals surface area contributed by atoms with Gasteiger partial charge in [0.1, 0.15) is 17.5 Å². The molecule has 0 bridgehead atoms. The van der Waals surface area contributed by atoms with Crippen molar-refractivity contribution in [1.29, 1.82) is 0 Å². The Morgan fingerprint density at radius 2 is 2.16 bits per heavy atom. The molecular weight excluding hydrogens is 340 g/mol. The first-order valence-corrected chi connectivity index (χ1v) is 8.91. The second kappa shape index (κ2) is 7.52. The van der Waals surface area contributed by atoms with E-state index < -0.39 is 6.04 Å². The van der Waals surface area contributed by atoms with E-state index in [9.17, 15) is 9.59 Å². The lowest BCUT2D eigenvalue weighted by atomic mass is 10.3. The molecule has 3 rings (SSSR count).